The molecule has 0 aromatic carbocycles. The van der Waals surface area contributed by atoms with Crippen molar-refractivity contribution in [3.63, 3.8) is 0 Å². The minimum Gasteiger partial charge on any atom is -0.352 e. The Labute approximate surface area is 107 Å². The molecule has 3 rings (SSSR count). The normalized spacial score (nSPS) is 29.4. The summed E-state index contributed by atoms with van der Waals surface area (Å²) in [5, 5.41) is 0.683. The van der Waals surface area contributed by atoms with Gasteiger partial charge in [0, 0.05) is 35.7 Å². The molecule has 1 aliphatic heterocycles. The van der Waals surface area contributed by atoms with E-state index in [1.54, 1.807) is 0 Å². The van der Waals surface area contributed by atoms with Crippen molar-refractivity contribution in [1.29, 1.82) is 0 Å². The third-order valence-electron chi connectivity index (χ3n) is 3.78. The number of anilines is 1. The first-order valence-electron chi connectivity index (χ1n) is 6.47. The molecule has 2 heterocycles. The van der Waals surface area contributed by atoms with Crippen molar-refractivity contribution in [1.82, 2.24) is 9.97 Å². The number of hydrogen-bond acceptors (Lipinski definition) is 4. The van der Waals surface area contributed by atoms with E-state index >= 15 is 0 Å². The van der Waals surface area contributed by atoms with Gasteiger partial charge >= 0.3 is 0 Å². The van der Waals surface area contributed by atoms with Gasteiger partial charge in [-0.3, -0.25) is 0 Å². The Hall–Kier alpha value is -0.770. The zero-order chi connectivity index (χ0) is 11.8. The Morgan fingerprint density at radius 1 is 1.35 bits per heavy atom. The Kier molecular flexibility index (Phi) is 2.99. The molecule has 1 saturated carbocycles. The van der Waals surface area contributed by atoms with Gasteiger partial charge in [0.1, 0.15) is 11.6 Å². The average Bonchev–Trinajstić information content (AvgIpc) is 3.17. The smallest absolute Gasteiger partial charge is 0.133 e. The second-order valence-electron chi connectivity index (χ2n) is 5.06. The lowest BCUT2D eigenvalue weighted by atomic mass is 10.2. The fourth-order valence-electron chi connectivity index (χ4n) is 2.32. The molecule has 3 nitrogen and oxygen atoms in total. The van der Waals surface area contributed by atoms with Crippen LogP contribution in [0.2, 0.25) is 0 Å². The van der Waals surface area contributed by atoms with E-state index in [2.05, 4.69) is 41.6 Å². The van der Waals surface area contributed by atoms with Crippen LogP contribution in [0.3, 0.4) is 0 Å². The fourth-order valence-corrected chi connectivity index (χ4v) is 3.42. The Morgan fingerprint density at radius 3 is 2.94 bits per heavy atom. The van der Waals surface area contributed by atoms with E-state index in [4.69, 9.17) is 4.98 Å². The summed E-state index contributed by atoms with van der Waals surface area (Å²) in [7, 11) is 0. The van der Waals surface area contributed by atoms with E-state index in [0.717, 1.165) is 18.2 Å². The summed E-state index contributed by atoms with van der Waals surface area (Å²) >= 11 is 2.06. The summed E-state index contributed by atoms with van der Waals surface area (Å²) in [5.41, 5.74) is 0. The van der Waals surface area contributed by atoms with Gasteiger partial charge in [-0.1, -0.05) is 6.92 Å². The molecule has 0 spiro atoms. The molecule has 0 N–H and O–H groups in total. The summed E-state index contributed by atoms with van der Waals surface area (Å²) < 4.78 is 0. The maximum Gasteiger partial charge on any atom is 0.133 e. The SMILES string of the molecule is CC1SCCN(c2ccnc(C3CC3)n2)C1C. The van der Waals surface area contributed by atoms with Crippen LogP contribution < -0.4 is 4.90 Å². The van der Waals surface area contributed by atoms with Crippen molar-refractivity contribution in [2.75, 3.05) is 17.2 Å². The van der Waals surface area contributed by atoms with Gasteiger partial charge in [-0.25, -0.2) is 9.97 Å². The first-order valence-corrected chi connectivity index (χ1v) is 7.52. The van der Waals surface area contributed by atoms with Crippen LogP contribution in [-0.2, 0) is 0 Å². The molecule has 0 radical (unpaired) electrons. The van der Waals surface area contributed by atoms with Crippen LogP contribution >= 0.6 is 11.8 Å². The van der Waals surface area contributed by atoms with Crippen molar-refractivity contribution in [2.45, 2.75) is 43.9 Å². The largest absolute Gasteiger partial charge is 0.352 e. The Morgan fingerprint density at radius 2 is 2.18 bits per heavy atom. The zero-order valence-corrected chi connectivity index (χ0v) is 11.3. The summed E-state index contributed by atoms with van der Waals surface area (Å²) in [4.78, 5) is 11.6. The molecule has 1 aliphatic carbocycles. The summed E-state index contributed by atoms with van der Waals surface area (Å²) in [6, 6.07) is 2.63. The summed E-state index contributed by atoms with van der Waals surface area (Å²) in [6.45, 7) is 5.72. The first kappa shape index (κ1) is 11.3. The van der Waals surface area contributed by atoms with Crippen LogP contribution in [0.5, 0.6) is 0 Å². The molecular weight excluding hydrogens is 230 g/mol. The summed E-state index contributed by atoms with van der Waals surface area (Å²) in [5.74, 6) is 4.03. The van der Waals surface area contributed by atoms with Crippen LogP contribution in [-0.4, -0.2) is 33.6 Å². The van der Waals surface area contributed by atoms with E-state index in [1.807, 2.05) is 6.20 Å². The van der Waals surface area contributed by atoms with Crippen LogP contribution in [0, 0.1) is 0 Å². The fraction of sp³-hybridized carbons (Fsp3) is 0.692. The molecule has 1 aromatic heterocycles. The van der Waals surface area contributed by atoms with Crippen molar-refractivity contribution >= 4 is 17.6 Å². The lowest BCUT2D eigenvalue weighted by Gasteiger charge is -2.38. The van der Waals surface area contributed by atoms with Crippen molar-refractivity contribution in [3.8, 4) is 0 Å². The third kappa shape index (κ3) is 2.28. The molecule has 0 bridgehead atoms. The van der Waals surface area contributed by atoms with Gasteiger partial charge < -0.3 is 4.90 Å². The van der Waals surface area contributed by atoms with Crippen LogP contribution in [0.1, 0.15) is 38.4 Å². The monoisotopic (exact) mass is 249 g/mol. The highest BCUT2D eigenvalue weighted by Gasteiger charge is 2.29. The lowest BCUT2D eigenvalue weighted by Crippen LogP contribution is -2.45. The lowest BCUT2D eigenvalue weighted by molar-refractivity contribution is 0.617. The van der Waals surface area contributed by atoms with E-state index in [0.29, 0.717) is 17.2 Å². The number of aromatic nitrogens is 2. The van der Waals surface area contributed by atoms with Crippen molar-refractivity contribution in [2.24, 2.45) is 0 Å². The van der Waals surface area contributed by atoms with Gasteiger partial charge in [0.15, 0.2) is 0 Å². The summed E-state index contributed by atoms with van der Waals surface area (Å²) in [6.07, 6.45) is 4.46. The predicted molar refractivity (Wildman–Crippen MR) is 72.7 cm³/mol. The predicted octanol–water partition coefficient (Wildman–Crippen LogP) is 2.68. The molecule has 2 unspecified atom stereocenters. The molecule has 17 heavy (non-hydrogen) atoms. The van der Waals surface area contributed by atoms with Crippen molar-refractivity contribution < 1.29 is 0 Å². The average molecular weight is 249 g/mol. The van der Waals surface area contributed by atoms with Gasteiger partial charge in [0.05, 0.1) is 0 Å². The van der Waals surface area contributed by atoms with Gasteiger partial charge in [0.25, 0.3) is 0 Å². The Balaban J connectivity index is 1.84. The highest BCUT2D eigenvalue weighted by molar-refractivity contribution is 8.00. The molecule has 92 valence electrons. The van der Waals surface area contributed by atoms with Gasteiger partial charge in [-0.15, -0.1) is 0 Å². The highest BCUT2D eigenvalue weighted by atomic mass is 32.2. The number of thioether (sulfide) groups is 1. The number of rotatable bonds is 2. The highest BCUT2D eigenvalue weighted by Crippen LogP contribution is 2.38. The van der Waals surface area contributed by atoms with Gasteiger partial charge in [0.2, 0.25) is 0 Å². The van der Waals surface area contributed by atoms with Crippen LogP contribution in [0.4, 0.5) is 5.82 Å². The molecule has 0 amide bonds. The topological polar surface area (TPSA) is 29.0 Å². The number of nitrogens with zero attached hydrogens (tertiary/aromatic N) is 3. The van der Waals surface area contributed by atoms with E-state index < -0.39 is 0 Å². The zero-order valence-electron chi connectivity index (χ0n) is 10.5. The second kappa shape index (κ2) is 4.48. The molecule has 2 aliphatic rings. The molecule has 2 atom stereocenters. The van der Waals surface area contributed by atoms with E-state index in [1.165, 1.54) is 18.6 Å². The Bertz CT molecular complexity index is 405. The third-order valence-corrected chi connectivity index (χ3v) is 5.12. The maximum absolute atomic E-state index is 4.75. The maximum atomic E-state index is 4.75. The molecule has 4 heteroatoms. The molecule has 1 aromatic rings. The number of hydrogen-bond donors (Lipinski definition) is 0. The van der Waals surface area contributed by atoms with Gasteiger partial charge in [-0.05, 0) is 25.8 Å². The second-order valence-corrected chi connectivity index (χ2v) is 6.54. The van der Waals surface area contributed by atoms with Crippen molar-refractivity contribution in [3.05, 3.63) is 18.1 Å². The molecule has 1 saturated heterocycles. The first-order chi connectivity index (χ1) is 8.25. The molecular formula is C13H19N3S. The standard InChI is InChI=1S/C13H19N3S/c1-9-10(2)17-8-7-16(9)12-5-6-14-13(15-12)11-3-4-11/h5-6,9-11H,3-4,7-8H2,1-2H3. The minimum atomic E-state index is 0.565. The van der Waals surface area contributed by atoms with Gasteiger partial charge in [-0.2, -0.15) is 11.8 Å². The van der Waals surface area contributed by atoms with E-state index in [-0.39, 0.29) is 0 Å². The quantitative estimate of drug-likeness (QED) is 0.806. The van der Waals surface area contributed by atoms with E-state index in [9.17, 15) is 0 Å². The minimum absolute atomic E-state index is 0.565. The van der Waals surface area contributed by atoms with Crippen LogP contribution in [0.25, 0.3) is 0 Å². The van der Waals surface area contributed by atoms with Crippen LogP contribution in [0.15, 0.2) is 12.3 Å². The molecule has 2 fully saturated rings.